The van der Waals surface area contributed by atoms with Crippen LogP contribution in [0.3, 0.4) is 0 Å². The van der Waals surface area contributed by atoms with Gasteiger partial charge < -0.3 is 10.1 Å². The number of carbonyl (C=O) groups is 2. The van der Waals surface area contributed by atoms with E-state index in [-0.39, 0.29) is 11.9 Å². The molecule has 1 amide bonds. The SMILES string of the molecule is CC(NC(=O)c1cccs1)C(=O)OCC1CC1. The topological polar surface area (TPSA) is 55.4 Å². The lowest BCUT2D eigenvalue weighted by atomic mass is 10.3. The summed E-state index contributed by atoms with van der Waals surface area (Å²) in [5, 5.41) is 4.45. The summed E-state index contributed by atoms with van der Waals surface area (Å²) in [5.41, 5.74) is 0. The summed E-state index contributed by atoms with van der Waals surface area (Å²) in [6, 6.07) is 2.93. The molecule has 92 valence electrons. The summed E-state index contributed by atoms with van der Waals surface area (Å²) >= 11 is 1.35. The number of rotatable bonds is 5. The van der Waals surface area contributed by atoms with Crippen LogP contribution in [0.4, 0.5) is 0 Å². The fraction of sp³-hybridized carbons (Fsp3) is 0.500. The van der Waals surface area contributed by atoms with Crippen molar-refractivity contribution in [3.63, 3.8) is 0 Å². The Kier molecular flexibility index (Phi) is 3.78. The summed E-state index contributed by atoms with van der Waals surface area (Å²) < 4.78 is 5.10. The summed E-state index contributed by atoms with van der Waals surface area (Å²) in [5.74, 6) is -0.0446. The number of ether oxygens (including phenoxy) is 1. The molecule has 17 heavy (non-hydrogen) atoms. The zero-order valence-corrected chi connectivity index (χ0v) is 10.5. The van der Waals surface area contributed by atoms with E-state index in [0.29, 0.717) is 17.4 Å². The van der Waals surface area contributed by atoms with Crippen LogP contribution >= 0.6 is 11.3 Å². The Bertz CT molecular complexity index is 398. The molecule has 5 heteroatoms. The van der Waals surface area contributed by atoms with Gasteiger partial charge in [-0.05, 0) is 37.1 Å². The van der Waals surface area contributed by atoms with Gasteiger partial charge >= 0.3 is 5.97 Å². The normalized spacial score (nSPS) is 16.3. The van der Waals surface area contributed by atoms with Gasteiger partial charge in [0.25, 0.3) is 5.91 Å². The van der Waals surface area contributed by atoms with E-state index in [1.165, 1.54) is 11.3 Å². The van der Waals surface area contributed by atoms with Crippen LogP contribution in [0.5, 0.6) is 0 Å². The van der Waals surface area contributed by atoms with Crippen molar-refractivity contribution in [1.29, 1.82) is 0 Å². The number of nitrogens with one attached hydrogen (secondary N) is 1. The Morgan fingerprint density at radius 2 is 2.35 bits per heavy atom. The van der Waals surface area contributed by atoms with E-state index in [4.69, 9.17) is 4.74 Å². The molecule has 1 atom stereocenters. The standard InChI is InChI=1S/C12H15NO3S/c1-8(12(15)16-7-9-4-5-9)13-11(14)10-3-2-6-17-10/h2-3,6,8-9H,4-5,7H2,1H3,(H,13,14). The molecule has 1 N–H and O–H groups in total. The van der Waals surface area contributed by atoms with Crippen molar-refractivity contribution in [2.45, 2.75) is 25.8 Å². The maximum atomic E-state index is 11.7. The van der Waals surface area contributed by atoms with Crippen LogP contribution in [-0.4, -0.2) is 24.5 Å². The van der Waals surface area contributed by atoms with E-state index < -0.39 is 6.04 Å². The van der Waals surface area contributed by atoms with Crippen LogP contribution in [0.25, 0.3) is 0 Å². The molecule has 1 aromatic heterocycles. The molecule has 1 saturated carbocycles. The quantitative estimate of drug-likeness (QED) is 0.814. The second-order valence-corrected chi connectivity index (χ2v) is 5.19. The highest BCUT2D eigenvalue weighted by Gasteiger charge is 2.25. The largest absolute Gasteiger partial charge is 0.464 e. The Morgan fingerprint density at radius 3 is 2.94 bits per heavy atom. The number of carbonyl (C=O) groups excluding carboxylic acids is 2. The van der Waals surface area contributed by atoms with Crippen molar-refractivity contribution in [3.8, 4) is 0 Å². The minimum atomic E-state index is -0.594. The zero-order chi connectivity index (χ0) is 12.3. The van der Waals surface area contributed by atoms with Crippen LogP contribution < -0.4 is 5.32 Å². The summed E-state index contributed by atoms with van der Waals surface area (Å²) in [6.07, 6.45) is 2.28. The Hall–Kier alpha value is -1.36. The monoisotopic (exact) mass is 253 g/mol. The van der Waals surface area contributed by atoms with Gasteiger partial charge in [0.2, 0.25) is 0 Å². The second kappa shape index (κ2) is 5.31. The zero-order valence-electron chi connectivity index (χ0n) is 9.64. The molecule has 1 aromatic rings. The molecular weight excluding hydrogens is 238 g/mol. The summed E-state index contributed by atoms with van der Waals surface area (Å²) in [6.45, 7) is 2.12. The van der Waals surface area contributed by atoms with E-state index in [0.717, 1.165) is 12.8 Å². The van der Waals surface area contributed by atoms with E-state index in [1.807, 2.05) is 5.38 Å². The highest BCUT2D eigenvalue weighted by molar-refractivity contribution is 7.12. The summed E-state index contributed by atoms with van der Waals surface area (Å²) in [4.78, 5) is 23.8. The minimum absolute atomic E-state index is 0.226. The van der Waals surface area contributed by atoms with Gasteiger partial charge in [-0.3, -0.25) is 4.79 Å². The van der Waals surface area contributed by atoms with E-state index >= 15 is 0 Å². The van der Waals surface area contributed by atoms with Crippen LogP contribution in [0, 0.1) is 5.92 Å². The highest BCUT2D eigenvalue weighted by atomic mass is 32.1. The van der Waals surface area contributed by atoms with E-state index in [9.17, 15) is 9.59 Å². The van der Waals surface area contributed by atoms with Crippen LogP contribution in [0.15, 0.2) is 17.5 Å². The molecule has 1 fully saturated rings. The van der Waals surface area contributed by atoms with Crippen LogP contribution in [-0.2, 0) is 9.53 Å². The molecule has 0 bridgehead atoms. The van der Waals surface area contributed by atoms with Gasteiger partial charge in [0.1, 0.15) is 6.04 Å². The summed E-state index contributed by atoms with van der Waals surface area (Å²) in [7, 11) is 0. The van der Waals surface area contributed by atoms with Crippen LogP contribution in [0.2, 0.25) is 0 Å². The first kappa shape index (κ1) is 12.1. The lowest BCUT2D eigenvalue weighted by Crippen LogP contribution is -2.39. The third-order valence-electron chi connectivity index (χ3n) is 2.60. The predicted molar refractivity (Wildman–Crippen MR) is 64.9 cm³/mol. The van der Waals surface area contributed by atoms with Crippen molar-refractivity contribution in [2.24, 2.45) is 5.92 Å². The van der Waals surface area contributed by atoms with Crippen molar-refractivity contribution < 1.29 is 14.3 Å². The van der Waals surface area contributed by atoms with Crippen molar-refractivity contribution in [2.75, 3.05) is 6.61 Å². The van der Waals surface area contributed by atoms with Gasteiger partial charge in [-0.25, -0.2) is 4.79 Å². The molecule has 1 aliphatic carbocycles. The maximum absolute atomic E-state index is 11.7. The molecule has 2 rings (SSSR count). The average Bonchev–Trinajstić information content (AvgIpc) is 2.97. The van der Waals surface area contributed by atoms with Gasteiger partial charge in [-0.2, -0.15) is 0 Å². The maximum Gasteiger partial charge on any atom is 0.328 e. The highest BCUT2D eigenvalue weighted by Crippen LogP contribution is 2.28. The molecule has 0 aromatic carbocycles. The van der Waals surface area contributed by atoms with Crippen LogP contribution in [0.1, 0.15) is 29.4 Å². The van der Waals surface area contributed by atoms with Gasteiger partial charge in [-0.1, -0.05) is 6.07 Å². The van der Waals surface area contributed by atoms with Gasteiger partial charge in [0.15, 0.2) is 0 Å². The Balaban J connectivity index is 1.76. The van der Waals surface area contributed by atoms with Gasteiger partial charge in [0, 0.05) is 0 Å². The van der Waals surface area contributed by atoms with Crippen molar-refractivity contribution in [3.05, 3.63) is 22.4 Å². The molecule has 4 nitrogen and oxygen atoms in total. The molecule has 0 aliphatic heterocycles. The third kappa shape index (κ3) is 3.56. The predicted octanol–water partition coefficient (Wildman–Crippen LogP) is 1.82. The number of hydrogen-bond acceptors (Lipinski definition) is 4. The number of hydrogen-bond donors (Lipinski definition) is 1. The lowest BCUT2D eigenvalue weighted by molar-refractivity contribution is -0.145. The van der Waals surface area contributed by atoms with E-state index in [2.05, 4.69) is 5.32 Å². The fourth-order valence-electron chi connectivity index (χ4n) is 1.34. The number of esters is 1. The average molecular weight is 253 g/mol. The minimum Gasteiger partial charge on any atom is -0.464 e. The first-order valence-corrected chi connectivity index (χ1v) is 6.56. The number of thiophene rings is 1. The molecule has 0 spiro atoms. The first-order chi connectivity index (χ1) is 8.16. The number of amides is 1. The first-order valence-electron chi connectivity index (χ1n) is 5.68. The Morgan fingerprint density at radius 1 is 1.59 bits per heavy atom. The second-order valence-electron chi connectivity index (χ2n) is 4.25. The lowest BCUT2D eigenvalue weighted by Gasteiger charge is -2.12. The van der Waals surface area contributed by atoms with Crippen molar-refractivity contribution >= 4 is 23.2 Å². The van der Waals surface area contributed by atoms with E-state index in [1.54, 1.807) is 19.1 Å². The van der Waals surface area contributed by atoms with Gasteiger partial charge in [0.05, 0.1) is 11.5 Å². The molecule has 0 radical (unpaired) electrons. The molecule has 0 saturated heterocycles. The van der Waals surface area contributed by atoms with Crippen molar-refractivity contribution in [1.82, 2.24) is 5.32 Å². The third-order valence-corrected chi connectivity index (χ3v) is 3.47. The Labute approximate surface area is 104 Å². The molecular formula is C12H15NO3S. The van der Waals surface area contributed by atoms with Gasteiger partial charge in [-0.15, -0.1) is 11.3 Å². The molecule has 1 aliphatic rings. The molecule has 1 unspecified atom stereocenters. The fourth-order valence-corrected chi connectivity index (χ4v) is 1.97. The molecule has 1 heterocycles. The smallest absolute Gasteiger partial charge is 0.328 e.